The Labute approximate surface area is 171 Å². The largest absolute Gasteiger partial charge is 0.465 e. The number of nitrogens with zero attached hydrogens (tertiary/aromatic N) is 1. The van der Waals surface area contributed by atoms with Gasteiger partial charge in [0.25, 0.3) is 0 Å². The molecule has 0 radical (unpaired) electrons. The van der Waals surface area contributed by atoms with Gasteiger partial charge >= 0.3 is 5.97 Å². The minimum Gasteiger partial charge on any atom is -0.465 e. The van der Waals surface area contributed by atoms with Crippen LogP contribution in [0.5, 0.6) is 0 Å². The number of ether oxygens (including phenoxy) is 1. The van der Waals surface area contributed by atoms with Gasteiger partial charge < -0.3 is 10.1 Å². The number of esters is 1. The van der Waals surface area contributed by atoms with Gasteiger partial charge in [-0.15, -0.1) is 0 Å². The minimum absolute atomic E-state index is 0.139. The molecule has 7 nitrogen and oxygen atoms in total. The topological polar surface area (TPSA) is 92.8 Å². The summed E-state index contributed by atoms with van der Waals surface area (Å²) in [6.07, 6.45) is 1.64. The Morgan fingerprint density at radius 1 is 1.07 bits per heavy atom. The number of hydrogen-bond acceptors (Lipinski definition) is 5. The van der Waals surface area contributed by atoms with Gasteiger partial charge in [0.05, 0.1) is 24.6 Å². The van der Waals surface area contributed by atoms with Gasteiger partial charge in [-0.1, -0.05) is 23.8 Å². The van der Waals surface area contributed by atoms with E-state index in [1.54, 1.807) is 30.3 Å². The van der Waals surface area contributed by atoms with Crippen molar-refractivity contribution in [2.75, 3.05) is 29.5 Å². The highest BCUT2D eigenvalue weighted by Gasteiger charge is 2.18. The molecule has 8 heteroatoms. The number of carbonyl (C=O) groups is 2. The lowest BCUT2D eigenvalue weighted by molar-refractivity contribution is -0.116. The second kappa shape index (κ2) is 9.56. The van der Waals surface area contributed by atoms with Crippen LogP contribution in [-0.4, -0.2) is 40.2 Å². The first-order valence-corrected chi connectivity index (χ1v) is 11.0. The van der Waals surface area contributed by atoms with Gasteiger partial charge in [0.15, 0.2) is 0 Å². The molecule has 2 aromatic carbocycles. The zero-order chi connectivity index (χ0) is 21.6. The van der Waals surface area contributed by atoms with Crippen molar-refractivity contribution in [1.82, 2.24) is 0 Å². The van der Waals surface area contributed by atoms with Gasteiger partial charge in [0.1, 0.15) is 0 Å². The van der Waals surface area contributed by atoms with Gasteiger partial charge in [0, 0.05) is 18.7 Å². The van der Waals surface area contributed by atoms with E-state index in [0.717, 1.165) is 17.4 Å². The van der Waals surface area contributed by atoms with E-state index in [1.165, 1.54) is 11.4 Å². The molecule has 29 heavy (non-hydrogen) atoms. The lowest BCUT2D eigenvalue weighted by Crippen LogP contribution is -2.31. The summed E-state index contributed by atoms with van der Waals surface area (Å²) in [6, 6.07) is 12.1. The molecule has 1 N–H and O–H groups in total. The number of anilines is 2. The molecule has 0 aliphatic rings. The molecule has 0 spiro atoms. The summed E-state index contributed by atoms with van der Waals surface area (Å²) in [5, 5.41) is 2.77. The fraction of sp³-hybridized carbons (Fsp3) is 0.333. The van der Waals surface area contributed by atoms with E-state index in [9.17, 15) is 18.0 Å². The Hall–Kier alpha value is -2.87. The number of amides is 1. The van der Waals surface area contributed by atoms with Crippen LogP contribution < -0.4 is 9.62 Å². The maximum absolute atomic E-state index is 12.3. The third-order valence-electron chi connectivity index (χ3n) is 4.42. The molecule has 0 saturated heterocycles. The summed E-state index contributed by atoms with van der Waals surface area (Å²) in [4.78, 5) is 24.0. The number of sulfonamides is 1. The van der Waals surface area contributed by atoms with Crippen molar-refractivity contribution in [3.8, 4) is 0 Å². The molecular formula is C21H26N2O5S. The summed E-state index contributed by atoms with van der Waals surface area (Å²) < 4.78 is 30.3. The molecule has 0 saturated carbocycles. The Bertz CT molecular complexity index is 985. The molecule has 0 heterocycles. The summed E-state index contributed by atoms with van der Waals surface area (Å²) in [5.41, 5.74) is 3.28. The number of methoxy groups -OCH3 is 1. The maximum Gasteiger partial charge on any atom is 0.337 e. The fourth-order valence-corrected chi connectivity index (χ4v) is 3.76. The number of aryl methyl sites for hydroxylation is 2. The van der Waals surface area contributed by atoms with E-state index in [4.69, 9.17) is 4.74 Å². The van der Waals surface area contributed by atoms with Crippen LogP contribution >= 0.6 is 0 Å². The summed E-state index contributed by atoms with van der Waals surface area (Å²) in [7, 11) is -2.17. The van der Waals surface area contributed by atoms with Crippen molar-refractivity contribution in [1.29, 1.82) is 0 Å². The fourth-order valence-electron chi connectivity index (χ4n) is 2.79. The molecule has 0 aliphatic carbocycles. The smallest absolute Gasteiger partial charge is 0.337 e. The summed E-state index contributed by atoms with van der Waals surface area (Å²) in [6.45, 7) is 3.94. The van der Waals surface area contributed by atoms with Crippen molar-refractivity contribution in [3.63, 3.8) is 0 Å². The van der Waals surface area contributed by atoms with Gasteiger partial charge in [-0.3, -0.25) is 9.10 Å². The third-order valence-corrected chi connectivity index (χ3v) is 5.61. The zero-order valence-electron chi connectivity index (χ0n) is 17.1. The van der Waals surface area contributed by atoms with E-state index >= 15 is 0 Å². The first kappa shape index (κ1) is 22.4. The van der Waals surface area contributed by atoms with Crippen LogP contribution in [-0.2, 0) is 19.6 Å². The molecule has 2 rings (SSSR count). The van der Waals surface area contributed by atoms with Crippen molar-refractivity contribution in [2.45, 2.75) is 26.7 Å². The van der Waals surface area contributed by atoms with Crippen molar-refractivity contribution in [2.24, 2.45) is 0 Å². The predicted molar refractivity (Wildman–Crippen MR) is 114 cm³/mol. The van der Waals surface area contributed by atoms with Crippen molar-refractivity contribution < 1.29 is 22.7 Å². The first-order chi connectivity index (χ1) is 13.6. The van der Waals surface area contributed by atoms with Crippen LogP contribution in [0.1, 0.15) is 34.3 Å². The summed E-state index contributed by atoms with van der Waals surface area (Å²) in [5.74, 6) is -0.741. The number of carbonyl (C=O) groups excluding carboxylic acids is 2. The van der Waals surface area contributed by atoms with Gasteiger partial charge in [-0.2, -0.15) is 0 Å². The van der Waals surface area contributed by atoms with Crippen molar-refractivity contribution in [3.05, 3.63) is 59.2 Å². The van der Waals surface area contributed by atoms with E-state index in [2.05, 4.69) is 5.32 Å². The molecular weight excluding hydrogens is 392 g/mol. The predicted octanol–water partition coefficient (Wildman–Crippen LogP) is 3.27. The van der Waals surface area contributed by atoms with Crippen LogP contribution in [0.4, 0.5) is 11.4 Å². The Morgan fingerprint density at radius 3 is 2.31 bits per heavy atom. The molecule has 1 amide bonds. The van der Waals surface area contributed by atoms with E-state index in [1.807, 2.05) is 26.0 Å². The molecule has 0 unspecified atom stereocenters. The number of nitrogens with one attached hydrogen (secondary N) is 1. The molecule has 0 fully saturated rings. The molecule has 0 bridgehead atoms. The monoisotopic (exact) mass is 418 g/mol. The standard InChI is InChI=1S/C21H26N2O5S/c1-15-7-11-18(12-8-15)23(29(4,26)27)13-5-6-20(24)22-19-14-17(21(25)28-3)10-9-16(19)2/h7-12,14H,5-6,13H2,1-4H3,(H,22,24). The van der Waals surface area contributed by atoms with Crippen LogP contribution in [0, 0.1) is 13.8 Å². The van der Waals surface area contributed by atoms with Gasteiger partial charge in [-0.25, -0.2) is 13.2 Å². The SMILES string of the molecule is COC(=O)c1ccc(C)c(NC(=O)CCCN(c2ccc(C)cc2)S(C)(=O)=O)c1. The quantitative estimate of drug-likeness (QED) is 0.664. The average molecular weight is 419 g/mol. The Balaban J connectivity index is 2.01. The van der Waals surface area contributed by atoms with Gasteiger partial charge in [0.2, 0.25) is 15.9 Å². The normalized spacial score (nSPS) is 11.0. The van der Waals surface area contributed by atoms with E-state index < -0.39 is 16.0 Å². The Morgan fingerprint density at radius 2 is 1.72 bits per heavy atom. The molecule has 156 valence electrons. The highest BCUT2D eigenvalue weighted by atomic mass is 32.2. The Kier molecular flexibility index (Phi) is 7.39. The van der Waals surface area contributed by atoms with Crippen LogP contribution in [0.3, 0.4) is 0 Å². The molecule has 0 aromatic heterocycles. The second-order valence-corrected chi connectivity index (χ2v) is 8.75. The molecule has 2 aromatic rings. The number of benzene rings is 2. The maximum atomic E-state index is 12.3. The third kappa shape index (κ3) is 6.32. The van der Waals surface area contributed by atoms with Crippen molar-refractivity contribution >= 4 is 33.3 Å². The highest BCUT2D eigenvalue weighted by Crippen LogP contribution is 2.20. The molecule has 0 atom stereocenters. The van der Waals surface area contributed by atoms with E-state index in [0.29, 0.717) is 23.4 Å². The average Bonchev–Trinajstić information content (AvgIpc) is 2.66. The lowest BCUT2D eigenvalue weighted by atomic mass is 10.1. The van der Waals surface area contributed by atoms with Crippen LogP contribution in [0.15, 0.2) is 42.5 Å². The molecule has 0 aliphatic heterocycles. The van der Waals surface area contributed by atoms with Crippen LogP contribution in [0.2, 0.25) is 0 Å². The van der Waals surface area contributed by atoms with E-state index in [-0.39, 0.29) is 18.9 Å². The van der Waals surface area contributed by atoms with Crippen LogP contribution in [0.25, 0.3) is 0 Å². The zero-order valence-corrected chi connectivity index (χ0v) is 17.9. The first-order valence-electron chi connectivity index (χ1n) is 9.15. The number of rotatable bonds is 8. The van der Waals surface area contributed by atoms with Gasteiger partial charge in [-0.05, 0) is 50.1 Å². The number of hydrogen-bond donors (Lipinski definition) is 1. The highest BCUT2D eigenvalue weighted by molar-refractivity contribution is 7.92. The lowest BCUT2D eigenvalue weighted by Gasteiger charge is -2.22. The minimum atomic E-state index is -3.46. The second-order valence-electron chi connectivity index (χ2n) is 6.84. The summed E-state index contributed by atoms with van der Waals surface area (Å²) >= 11 is 0.